The summed E-state index contributed by atoms with van der Waals surface area (Å²) >= 11 is 0. The molecule has 2 amide bonds. The summed E-state index contributed by atoms with van der Waals surface area (Å²) in [7, 11) is 1.54. The normalized spacial score (nSPS) is 13.5. The van der Waals surface area contributed by atoms with Crippen LogP contribution >= 0.6 is 0 Å². The number of hydrogen-bond donors (Lipinski definition) is 1. The summed E-state index contributed by atoms with van der Waals surface area (Å²) in [5.74, 6) is 0.255. The number of hydrogen-bond acceptors (Lipinski definition) is 5. The van der Waals surface area contributed by atoms with Crippen molar-refractivity contribution in [1.82, 2.24) is 0 Å². The summed E-state index contributed by atoms with van der Waals surface area (Å²) in [5.41, 5.74) is 2.94. The number of amides is 2. The Bertz CT molecular complexity index is 1220. The van der Waals surface area contributed by atoms with E-state index >= 15 is 0 Å². The highest BCUT2D eigenvalue weighted by atomic mass is 16.5. The summed E-state index contributed by atoms with van der Waals surface area (Å²) in [5, 5.41) is 3.18. The highest BCUT2D eigenvalue weighted by molar-refractivity contribution is 6.46. The van der Waals surface area contributed by atoms with Gasteiger partial charge in [0.05, 0.1) is 30.7 Å². The molecule has 0 saturated heterocycles. The zero-order valence-electron chi connectivity index (χ0n) is 18.2. The van der Waals surface area contributed by atoms with Gasteiger partial charge < -0.3 is 14.8 Å². The Morgan fingerprint density at radius 3 is 2.22 bits per heavy atom. The Balaban J connectivity index is 1.89. The quantitative estimate of drug-likeness (QED) is 0.548. The van der Waals surface area contributed by atoms with Crippen molar-refractivity contribution in [3.05, 3.63) is 89.6 Å². The van der Waals surface area contributed by atoms with Gasteiger partial charge in [-0.05, 0) is 43.7 Å². The number of para-hydroxylation sites is 4. The fraction of sp³-hybridized carbons (Fsp3) is 0.154. The molecule has 0 radical (unpaired) electrons. The minimum absolute atomic E-state index is 0.176. The third-order valence-electron chi connectivity index (χ3n) is 5.26. The lowest BCUT2D eigenvalue weighted by atomic mass is 10.0. The van der Waals surface area contributed by atoms with E-state index in [4.69, 9.17) is 9.47 Å². The number of carbonyl (C=O) groups excluding carboxylic acids is 2. The number of rotatable bonds is 7. The molecular formula is C26H24N2O4. The lowest BCUT2D eigenvalue weighted by molar-refractivity contribution is -0.120. The maximum Gasteiger partial charge on any atom is 0.282 e. The molecule has 0 saturated carbocycles. The molecule has 6 heteroatoms. The van der Waals surface area contributed by atoms with Gasteiger partial charge in [0.2, 0.25) is 0 Å². The molecule has 0 unspecified atom stereocenters. The van der Waals surface area contributed by atoms with Crippen molar-refractivity contribution >= 4 is 28.8 Å². The van der Waals surface area contributed by atoms with E-state index in [1.807, 2.05) is 68.4 Å². The van der Waals surface area contributed by atoms with Crippen LogP contribution in [0.4, 0.5) is 11.4 Å². The molecule has 6 nitrogen and oxygen atoms in total. The smallest absolute Gasteiger partial charge is 0.282 e. The highest BCUT2D eigenvalue weighted by Gasteiger charge is 2.41. The SMILES string of the molecule is CCOc1ccccc1NC1=C(c2ccccc2OC)C(=O)N(c2ccccc2C)C1=O. The molecule has 0 aromatic heterocycles. The Morgan fingerprint density at radius 2 is 1.50 bits per heavy atom. The van der Waals surface area contributed by atoms with Crippen molar-refractivity contribution in [2.24, 2.45) is 0 Å². The van der Waals surface area contributed by atoms with Crippen LogP contribution in [0.5, 0.6) is 11.5 Å². The summed E-state index contributed by atoms with van der Waals surface area (Å²) in [6.07, 6.45) is 0. The number of carbonyl (C=O) groups is 2. The van der Waals surface area contributed by atoms with Crippen LogP contribution in [-0.4, -0.2) is 25.5 Å². The van der Waals surface area contributed by atoms with Crippen molar-refractivity contribution in [3.8, 4) is 11.5 Å². The van der Waals surface area contributed by atoms with E-state index < -0.39 is 11.8 Å². The van der Waals surface area contributed by atoms with Gasteiger partial charge in [-0.25, -0.2) is 4.90 Å². The van der Waals surface area contributed by atoms with Crippen LogP contribution in [0.15, 0.2) is 78.5 Å². The Hall–Kier alpha value is -4.06. The first kappa shape index (κ1) is 21.2. The zero-order chi connectivity index (χ0) is 22.7. The number of nitrogens with zero attached hydrogens (tertiary/aromatic N) is 1. The van der Waals surface area contributed by atoms with Gasteiger partial charge in [-0.3, -0.25) is 9.59 Å². The van der Waals surface area contributed by atoms with Gasteiger partial charge in [0.1, 0.15) is 17.2 Å². The number of anilines is 2. The van der Waals surface area contributed by atoms with E-state index in [9.17, 15) is 9.59 Å². The van der Waals surface area contributed by atoms with Gasteiger partial charge in [0.15, 0.2) is 0 Å². The molecule has 1 heterocycles. The fourth-order valence-corrected chi connectivity index (χ4v) is 3.77. The van der Waals surface area contributed by atoms with Crippen LogP contribution in [-0.2, 0) is 9.59 Å². The average molecular weight is 428 g/mol. The fourth-order valence-electron chi connectivity index (χ4n) is 3.77. The van der Waals surface area contributed by atoms with Gasteiger partial charge in [-0.15, -0.1) is 0 Å². The molecule has 3 aromatic carbocycles. The van der Waals surface area contributed by atoms with Crippen molar-refractivity contribution < 1.29 is 19.1 Å². The predicted octanol–water partition coefficient (Wildman–Crippen LogP) is 4.80. The van der Waals surface area contributed by atoms with E-state index in [0.717, 1.165) is 5.56 Å². The molecule has 0 atom stereocenters. The molecule has 0 spiro atoms. The highest BCUT2D eigenvalue weighted by Crippen LogP contribution is 2.39. The monoisotopic (exact) mass is 428 g/mol. The second-order valence-corrected chi connectivity index (χ2v) is 7.24. The largest absolute Gasteiger partial charge is 0.496 e. The molecule has 0 bridgehead atoms. The number of benzene rings is 3. The van der Waals surface area contributed by atoms with Crippen LogP contribution < -0.4 is 19.7 Å². The molecule has 1 N–H and O–H groups in total. The van der Waals surface area contributed by atoms with E-state index in [1.54, 1.807) is 18.2 Å². The number of methoxy groups -OCH3 is 1. The topological polar surface area (TPSA) is 67.9 Å². The van der Waals surface area contributed by atoms with Crippen LogP contribution in [0.2, 0.25) is 0 Å². The van der Waals surface area contributed by atoms with E-state index in [1.165, 1.54) is 12.0 Å². The van der Waals surface area contributed by atoms with Crippen molar-refractivity contribution in [3.63, 3.8) is 0 Å². The van der Waals surface area contributed by atoms with Crippen LogP contribution in [0.1, 0.15) is 18.1 Å². The second-order valence-electron chi connectivity index (χ2n) is 7.24. The summed E-state index contributed by atoms with van der Waals surface area (Å²) in [6.45, 7) is 4.23. The summed E-state index contributed by atoms with van der Waals surface area (Å²) in [6, 6.07) is 21.8. The van der Waals surface area contributed by atoms with Gasteiger partial charge in [0.25, 0.3) is 11.8 Å². The molecule has 1 aliphatic heterocycles. The summed E-state index contributed by atoms with van der Waals surface area (Å²) in [4.78, 5) is 28.5. The van der Waals surface area contributed by atoms with Crippen LogP contribution in [0.3, 0.4) is 0 Å². The van der Waals surface area contributed by atoms with Crippen molar-refractivity contribution in [2.75, 3.05) is 23.9 Å². The number of aryl methyl sites for hydroxylation is 1. The first-order chi connectivity index (χ1) is 15.6. The molecule has 32 heavy (non-hydrogen) atoms. The molecule has 0 aliphatic carbocycles. The standard InChI is InChI=1S/C26H24N2O4/c1-4-32-22-16-10-7-13-19(22)27-24-23(18-12-6-9-15-21(18)31-3)25(29)28(26(24)30)20-14-8-5-11-17(20)2/h5-16,27H,4H2,1-3H3. The van der Waals surface area contributed by atoms with E-state index in [2.05, 4.69) is 5.32 Å². The molecule has 0 fully saturated rings. The first-order valence-electron chi connectivity index (χ1n) is 10.4. The predicted molar refractivity (Wildman–Crippen MR) is 125 cm³/mol. The van der Waals surface area contributed by atoms with E-state index in [0.29, 0.717) is 35.0 Å². The molecule has 3 aromatic rings. The molecule has 162 valence electrons. The van der Waals surface area contributed by atoms with Crippen molar-refractivity contribution in [2.45, 2.75) is 13.8 Å². The molecular weight excluding hydrogens is 404 g/mol. The zero-order valence-corrected chi connectivity index (χ0v) is 18.2. The maximum absolute atomic E-state index is 13.7. The number of ether oxygens (including phenoxy) is 2. The van der Waals surface area contributed by atoms with Crippen LogP contribution in [0, 0.1) is 6.92 Å². The second kappa shape index (κ2) is 8.98. The summed E-state index contributed by atoms with van der Waals surface area (Å²) < 4.78 is 11.2. The van der Waals surface area contributed by atoms with Crippen molar-refractivity contribution in [1.29, 1.82) is 0 Å². The number of nitrogens with one attached hydrogen (secondary N) is 1. The minimum atomic E-state index is -0.434. The van der Waals surface area contributed by atoms with Gasteiger partial charge >= 0.3 is 0 Å². The Labute approximate surface area is 187 Å². The van der Waals surface area contributed by atoms with Crippen LogP contribution in [0.25, 0.3) is 5.57 Å². The lowest BCUT2D eigenvalue weighted by Crippen LogP contribution is -2.33. The maximum atomic E-state index is 13.7. The third kappa shape index (κ3) is 3.71. The van der Waals surface area contributed by atoms with E-state index in [-0.39, 0.29) is 11.3 Å². The number of imide groups is 1. The van der Waals surface area contributed by atoms with Gasteiger partial charge in [-0.2, -0.15) is 0 Å². The lowest BCUT2D eigenvalue weighted by Gasteiger charge is -2.18. The average Bonchev–Trinajstić information content (AvgIpc) is 3.05. The van der Waals surface area contributed by atoms with Gasteiger partial charge in [-0.1, -0.05) is 48.5 Å². The Kier molecular flexibility index (Phi) is 5.94. The molecule has 1 aliphatic rings. The van der Waals surface area contributed by atoms with Gasteiger partial charge in [0, 0.05) is 5.56 Å². The molecule has 4 rings (SSSR count). The Morgan fingerprint density at radius 1 is 0.844 bits per heavy atom. The first-order valence-corrected chi connectivity index (χ1v) is 10.4. The minimum Gasteiger partial charge on any atom is -0.496 e. The third-order valence-corrected chi connectivity index (χ3v) is 5.26.